The van der Waals surface area contributed by atoms with Crippen molar-refractivity contribution >= 4 is 15.9 Å². The van der Waals surface area contributed by atoms with Gasteiger partial charge in [0.15, 0.2) is 0 Å². The molecule has 78 valence electrons. The molecule has 0 fully saturated rings. The van der Waals surface area contributed by atoms with Crippen LogP contribution in [0.4, 0.5) is 0 Å². The first-order valence-corrected chi connectivity index (χ1v) is 5.89. The average molecular weight is 256 g/mol. The predicted molar refractivity (Wildman–Crippen MR) is 66.0 cm³/mol. The van der Waals surface area contributed by atoms with Gasteiger partial charge in [0.05, 0.1) is 4.95 Å². The van der Waals surface area contributed by atoms with E-state index in [0.717, 1.165) is 0 Å². The molecule has 0 aliphatic rings. The molecule has 0 spiro atoms. The molecule has 0 saturated heterocycles. The van der Waals surface area contributed by atoms with Crippen LogP contribution >= 0.6 is 15.9 Å². The van der Waals surface area contributed by atoms with Crippen LogP contribution in [-0.2, 0) is 0 Å². The van der Waals surface area contributed by atoms with Gasteiger partial charge in [-0.1, -0.05) is 48.0 Å². The molecule has 0 bridgehead atoms. The number of rotatable bonds is 3. The molecular weight excluding hydrogens is 238 g/mol. The lowest BCUT2D eigenvalue weighted by atomic mass is 9.98. The molecule has 1 N–H and O–H groups in total. The molecule has 0 amide bonds. The summed E-state index contributed by atoms with van der Waals surface area (Å²) in [5.74, 6) is 0.589. The zero-order valence-corrected chi connectivity index (χ0v) is 10.9. The maximum absolute atomic E-state index is 3.61. The highest BCUT2D eigenvalue weighted by atomic mass is 79.9. The molecule has 0 radical (unpaired) electrons. The normalized spacial score (nSPS) is 13.3. The van der Waals surface area contributed by atoms with Crippen LogP contribution in [0.2, 0.25) is 0 Å². The summed E-state index contributed by atoms with van der Waals surface area (Å²) in [4.78, 5) is 0.251. The summed E-state index contributed by atoms with van der Waals surface area (Å²) < 4.78 is 0. The third kappa shape index (κ3) is 2.58. The van der Waals surface area contributed by atoms with Gasteiger partial charge in [-0.15, -0.1) is 0 Å². The Bertz CT molecular complexity index is 307. The second-order valence-electron chi connectivity index (χ2n) is 3.92. The zero-order chi connectivity index (χ0) is 10.7. The Morgan fingerprint density at radius 1 is 1.29 bits per heavy atom. The third-order valence-electron chi connectivity index (χ3n) is 2.50. The van der Waals surface area contributed by atoms with E-state index >= 15 is 0 Å². The van der Waals surface area contributed by atoms with Crippen LogP contribution in [-0.4, -0.2) is 7.05 Å². The van der Waals surface area contributed by atoms with Crippen molar-refractivity contribution in [1.29, 1.82) is 0 Å². The highest BCUT2D eigenvalue weighted by molar-refractivity contribution is 9.09. The summed E-state index contributed by atoms with van der Waals surface area (Å²) in [5.41, 5.74) is 4.05. The lowest BCUT2D eigenvalue weighted by molar-refractivity contribution is 0.793. The summed E-state index contributed by atoms with van der Waals surface area (Å²) >= 11 is 3.61. The fraction of sp³-hybridized carbons (Fsp3) is 0.500. The molecule has 1 nitrogen and oxygen atoms in total. The molecule has 14 heavy (non-hydrogen) atoms. The minimum atomic E-state index is 0.251. The Hall–Kier alpha value is -0.340. The Labute approximate surface area is 95.0 Å². The minimum absolute atomic E-state index is 0.251. The summed E-state index contributed by atoms with van der Waals surface area (Å²) in [6, 6.07) is 6.67. The molecule has 0 aliphatic carbocycles. The molecule has 0 aromatic heterocycles. The largest absolute Gasteiger partial charge is 0.304 e. The summed E-state index contributed by atoms with van der Waals surface area (Å²) in [5, 5.41) is 3.20. The van der Waals surface area contributed by atoms with Gasteiger partial charge in [0.1, 0.15) is 0 Å². The Kier molecular flexibility index (Phi) is 4.14. The Morgan fingerprint density at radius 2 is 1.93 bits per heavy atom. The quantitative estimate of drug-likeness (QED) is 0.641. The van der Waals surface area contributed by atoms with Crippen molar-refractivity contribution in [1.82, 2.24) is 5.32 Å². The summed E-state index contributed by atoms with van der Waals surface area (Å²) in [7, 11) is 1.96. The van der Waals surface area contributed by atoms with E-state index < -0.39 is 0 Å². The van der Waals surface area contributed by atoms with E-state index in [2.05, 4.69) is 60.2 Å². The van der Waals surface area contributed by atoms with Crippen molar-refractivity contribution in [2.75, 3.05) is 7.05 Å². The van der Waals surface area contributed by atoms with E-state index in [0.29, 0.717) is 5.92 Å². The molecule has 1 aromatic carbocycles. The number of benzene rings is 1. The molecule has 2 heteroatoms. The van der Waals surface area contributed by atoms with Crippen molar-refractivity contribution in [3.8, 4) is 0 Å². The fourth-order valence-corrected chi connectivity index (χ4v) is 1.94. The van der Waals surface area contributed by atoms with Gasteiger partial charge in [0, 0.05) is 0 Å². The Balaban J connectivity index is 3.08. The van der Waals surface area contributed by atoms with Crippen LogP contribution in [0.15, 0.2) is 18.2 Å². The minimum Gasteiger partial charge on any atom is -0.304 e. The van der Waals surface area contributed by atoms with E-state index in [-0.39, 0.29) is 4.95 Å². The van der Waals surface area contributed by atoms with E-state index in [9.17, 15) is 0 Å². The van der Waals surface area contributed by atoms with Gasteiger partial charge in [-0.2, -0.15) is 0 Å². The van der Waals surface area contributed by atoms with Crippen LogP contribution in [0, 0.1) is 6.92 Å². The van der Waals surface area contributed by atoms with Crippen molar-refractivity contribution < 1.29 is 0 Å². The first-order chi connectivity index (χ1) is 6.56. The van der Waals surface area contributed by atoms with Crippen molar-refractivity contribution in [3.63, 3.8) is 0 Å². The number of aryl methyl sites for hydroxylation is 1. The lowest BCUT2D eigenvalue weighted by Gasteiger charge is -2.15. The maximum atomic E-state index is 3.61. The van der Waals surface area contributed by atoms with E-state index in [1.807, 2.05) is 7.05 Å². The number of alkyl halides is 1. The summed E-state index contributed by atoms with van der Waals surface area (Å²) in [6.07, 6.45) is 0. The molecule has 1 unspecified atom stereocenters. The number of nitrogens with one attached hydrogen (secondary N) is 1. The average Bonchev–Trinajstić information content (AvgIpc) is 2.17. The molecule has 0 saturated carbocycles. The molecular formula is C12H18BrN. The fourth-order valence-electron chi connectivity index (χ4n) is 1.45. The third-order valence-corrected chi connectivity index (χ3v) is 3.45. The first kappa shape index (κ1) is 11.7. The zero-order valence-electron chi connectivity index (χ0n) is 9.26. The second kappa shape index (κ2) is 4.94. The maximum Gasteiger partial charge on any atom is 0.0886 e. The van der Waals surface area contributed by atoms with E-state index in [1.165, 1.54) is 16.7 Å². The van der Waals surface area contributed by atoms with Crippen molar-refractivity contribution in [2.24, 2.45) is 0 Å². The van der Waals surface area contributed by atoms with Gasteiger partial charge in [0.25, 0.3) is 0 Å². The molecule has 1 rings (SSSR count). The van der Waals surface area contributed by atoms with Crippen LogP contribution in [0.5, 0.6) is 0 Å². The van der Waals surface area contributed by atoms with Crippen molar-refractivity contribution in [3.05, 3.63) is 34.9 Å². The topological polar surface area (TPSA) is 12.0 Å². The lowest BCUT2D eigenvalue weighted by Crippen LogP contribution is -2.11. The summed E-state index contributed by atoms with van der Waals surface area (Å²) in [6.45, 7) is 6.58. The van der Waals surface area contributed by atoms with Crippen LogP contribution < -0.4 is 5.32 Å². The smallest absolute Gasteiger partial charge is 0.0886 e. The SMILES string of the molecule is CNC(Br)c1cc(C(C)C)ccc1C. The van der Waals surface area contributed by atoms with Gasteiger partial charge in [0.2, 0.25) is 0 Å². The standard InChI is InChI=1S/C12H18BrN/c1-8(2)10-6-5-9(3)11(7-10)12(13)14-4/h5-8,12,14H,1-4H3. The molecule has 0 aliphatic heterocycles. The highest BCUT2D eigenvalue weighted by Gasteiger charge is 2.09. The Morgan fingerprint density at radius 3 is 2.43 bits per heavy atom. The molecule has 1 atom stereocenters. The van der Waals surface area contributed by atoms with Crippen molar-refractivity contribution in [2.45, 2.75) is 31.6 Å². The van der Waals surface area contributed by atoms with Gasteiger partial charge >= 0.3 is 0 Å². The second-order valence-corrected chi connectivity index (χ2v) is 4.84. The first-order valence-electron chi connectivity index (χ1n) is 4.98. The van der Waals surface area contributed by atoms with Crippen LogP contribution in [0.3, 0.4) is 0 Å². The molecule has 0 heterocycles. The number of hydrogen-bond acceptors (Lipinski definition) is 1. The van der Waals surface area contributed by atoms with Gasteiger partial charge in [-0.05, 0) is 36.6 Å². The van der Waals surface area contributed by atoms with Crippen LogP contribution in [0.1, 0.15) is 41.4 Å². The van der Waals surface area contributed by atoms with Gasteiger partial charge in [-0.3, -0.25) is 0 Å². The van der Waals surface area contributed by atoms with Gasteiger partial charge < -0.3 is 5.32 Å². The van der Waals surface area contributed by atoms with E-state index in [4.69, 9.17) is 0 Å². The highest BCUT2D eigenvalue weighted by Crippen LogP contribution is 2.26. The van der Waals surface area contributed by atoms with Gasteiger partial charge in [-0.25, -0.2) is 0 Å². The predicted octanol–water partition coefficient (Wildman–Crippen LogP) is 3.73. The number of hydrogen-bond donors (Lipinski definition) is 1. The molecule has 1 aromatic rings. The number of halogens is 1. The monoisotopic (exact) mass is 255 g/mol. The van der Waals surface area contributed by atoms with Crippen LogP contribution in [0.25, 0.3) is 0 Å². The van der Waals surface area contributed by atoms with E-state index in [1.54, 1.807) is 0 Å².